The fourth-order valence-corrected chi connectivity index (χ4v) is 3.93. The number of aliphatic carboxylic acids is 1. The quantitative estimate of drug-likeness (QED) is 0.845. The molecule has 1 saturated heterocycles. The topological polar surface area (TPSA) is 57.6 Å². The smallest absolute Gasteiger partial charge is 0.303 e. The Kier molecular flexibility index (Phi) is 6.07. The van der Waals surface area contributed by atoms with Crippen LogP contribution >= 0.6 is 0 Å². The molecule has 2 fully saturated rings. The van der Waals surface area contributed by atoms with Crippen LogP contribution in [0.3, 0.4) is 0 Å². The van der Waals surface area contributed by atoms with E-state index in [1.165, 1.54) is 19.3 Å². The van der Waals surface area contributed by atoms with Crippen molar-refractivity contribution in [1.82, 2.24) is 4.90 Å². The van der Waals surface area contributed by atoms with E-state index >= 15 is 0 Å². The van der Waals surface area contributed by atoms with Gasteiger partial charge in [0.05, 0.1) is 0 Å². The van der Waals surface area contributed by atoms with Crippen LogP contribution in [0.15, 0.2) is 0 Å². The van der Waals surface area contributed by atoms with Crippen LogP contribution in [-0.4, -0.2) is 34.5 Å². The van der Waals surface area contributed by atoms with Crippen molar-refractivity contribution in [2.75, 3.05) is 6.54 Å². The monoisotopic (exact) mass is 295 g/mol. The lowest BCUT2D eigenvalue weighted by molar-refractivity contribution is -0.143. The molecule has 1 N–H and O–H groups in total. The van der Waals surface area contributed by atoms with Gasteiger partial charge in [-0.2, -0.15) is 0 Å². The summed E-state index contributed by atoms with van der Waals surface area (Å²) in [7, 11) is 0. The molecule has 1 heterocycles. The zero-order chi connectivity index (χ0) is 15.2. The maximum absolute atomic E-state index is 12.8. The summed E-state index contributed by atoms with van der Waals surface area (Å²) in [6.45, 7) is 3.07. The predicted octanol–water partition coefficient (Wildman–Crippen LogP) is 3.45. The molecule has 4 heteroatoms. The van der Waals surface area contributed by atoms with Crippen molar-refractivity contribution < 1.29 is 14.7 Å². The number of carbonyl (C=O) groups is 2. The Morgan fingerprint density at radius 2 is 1.81 bits per heavy atom. The molecule has 1 unspecified atom stereocenters. The number of carboxylic acid groups (broad SMARTS) is 1. The van der Waals surface area contributed by atoms with Crippen LogP contribution in [0.2, 0.25) is 0 Å². The van der Waals surface area contributed by atoms with Crippen LogP contribution in [0, 0.1) is 11.8 Å². The van der Waals surface area contributed by atoms with E-state index in [4.69, 9.17) is 5.11 Å². The molecular formula is C17H29NO3. The molecular weight excluding hydrogens is 266 g/mol. The van der Waals surface area contributed by atoms with E-state index in [1.54, 1.807) is 0 Å². The van der Waals surface area contributed by atoms with Crippen molar-refractivity contribution in [2.24, 2.45) is 11.8 Å². The molecule has 0 aromatic carbocycles. The Labute approximate surface area is 127 Å². The molecule has 0 spiro atoms. The second kappa shape index (κ2) is 7.81. The minimum Gasteiger partial charge on any atom is -0.481 e. The number of carbonyl (C=O) groups excluding carboxylic acids is 1. The van der Waals surface area contributed by atoms with Gasteiger partial charge in [-0.15, -0.1) is 0 Å². The van der Waals surface area contributed by atoms with Crippen molar-refractivity contribution in [3.8, 4) is 0 Å². The standard InChI is InChI=1S/C17H29NO3/c1-2-13-6-8-14(9-7-13)17(21)18-12-4-3-5-15(18)10-11-16(19)20/h13-15H,2-12H2,1H3,(H,19,20). The van der Waals surface area contributed by atoms with Crippen LogP contribution in [0.25, 0.3) is 0 Å². The number of nitrogens with zero attached hydrogens (tertiary/aromatic N) is 1. The van der Waals surface area contributed by atoms with Gasteiger partial charge < -0.3 is 10.0 Å². The van der Waals surface area contributed by atoms with Crippen LogP contribution in [0.5, 0.6) is 0 Å². The fraction of sp³-hybridized carbons (Fsp3) is 0.882. The highest BCUT2D eigenvalue weighted by Gasteiger charge is 2.33. The van der Waals surface area contributed by atoms with E-state index in [1.807, 2.05) is 4.90 Å². The molecule has 120 valence electrons. The minimum absolute atomic E-state index is 0.159. The second-order valence-electron chi connectivity index (χ2n) is 6.74. The highest BCUT2D eigenvalue weighted by atomic mass is 16.4. The Hall–Kier alpha value is -1.06. The third-order valence-corrected chi connectivity index (χ3v) is 5.37. The fourth-order valence-electron chi connectivity index (χ4n) is 3.93. The van der Waals surface area contributed by atoms with Crippen molar-refractivity contribution in [2.45, 2.75) is 77.2 Å². The average molecular weight is 295 g/mol. The zero-order valence-electron chi connectivity index (χ0n) is 13.2. The van der Waals surface area contributed by atoms with Crippen molar-refractivity contribution in [3.05, 3.63) is 0 Å². The van der Waals surface area contributed by atoms with Gasteiger partial charge in [-0.3, -0.25) is 9.59 Å². The summed E-state index contributed by atoms with van der Waals surface area (Å²) >= 11 is 0. The van der Waals surface area contributed by atoms with E-state index < -0.39 is 5.97 Å². The van der Waals surface area contributed by atoms with Gasteiger partial charge in [0.25, 0.3) is 0 Å². The minimum atomic E-state index is -0.753. The van der Waals surface area contributed by atoms with Crippen LogP contribution in [0.1, 0.15) is 71.1 Å². The molecule has 2 rings (SSSR count). The molecule has 1 atom stereocenters. The normalized spacial score (nSPS) is 30.1. The van der Waals surface area contributed by atoms with Crippen molar-refractivity contribution in [1.29, 1.82) is 0 Å². The summed E-state index contributed by atoms with van der Waals surface area (Å²) in [5.41, 5.74) is 0. The number of hydrogen-bond acceptors (Lipinski definition) is 2. The number of rotatable bonds is 5. The van der Waals surface area contributed by atoms with Gasteiger partial charge in [0.1, 0.15) is 0 Å². The third-order valence-electron chi connectivity index (χ3n) is 5.37. The lowest BCUT2D eigenvalue weighted by Gasteiger charge is -2.39. The molecule has 0 bridgehead atoms. The maximum Gasteiger partial charge on any atom is 0.303 e. The second-order valence-corrected chi connectivity index (χ2v) is 6.74. The first-order valence-corrected chi connectivity index (χ1v) is 8.64. The van der Waals surface area contributed by atoms with Crippen LogP contribution in [-0.2, 0) is 9.59 Å². The van der Waals surface area contributed by atoms with Gasteiger partial charge in [0.2, 0.25) is 5.91 Å². The number of amides is 1. The van der Waals surface area contributed by atoms with Crippen LogP contribution in [0.4, 0.5) is 0 Å². The largest absolute Gasteiger partial charge is 0.481 e. The lowest BCUT2D eigenvalue weighted by Crippen LogP contribution is -2.47. The van der Waals surface area contributed by atoms with Crippen molar-refractivity contribution in [3.63, 3.8) is 0 Å². The highest BCUT2D eigenvalue weighted by Crippen LogP contribution is 2.33. The maximum atomic E-state index is 12.8. The zero-order valence-corrected chi connectivity index (χ0v) is 13.2. The summed E-state index contributed by atoms with van der Waals surface area (Å²) in [4.78, 5) is 25.6. The first-order chi connectivity index (χ1) is 10.1. The van der Waals surface area contributed by atoms with Gasteiger partial charge >= 0.3 is 5.97 Å². The van der Waals surface area contributed by atoms with Gasteiger partial charge in [0, 0.05) is 24.9 Å². The van der Waals surface area contributed by atoms with Gasteiger partial charge in [-0.05, 0) is 57.3 Å². The van der Waals surface area contributed by atoms with Crippen LogP contribution < -0.4 is 0 Å². The summed E-state index contributed by atoms with van der Waals surface area (Å²) in [5.74, 6) is 0.549. The summed E-state index contributed by atoms with van der Waals surface area (Å²) in [5, 5.41) is 8.87. The summed E-state index contributed by atoms with van der Waals surface area (Å²) in [6, 6.07) is 0.159. The van der Waals surface area contributed by atoms with E-state index in [9.17, 15) is 9.59 Å². The third kappa shape index (κ3) is 4.45. The molecule has 0 aromatic heterocycles. The number of piperidine rings is 1. The molecule has 0 aromatic rings. The first kappa shape index (κ1) is 16.3. The van der Waals surface area contributed by atoms with Gasteiger partial charge in [0.15, 0.2) is 0 Å². The Morgan fingerprint density at radius 1 is 1.10 bits per heavy atom. The van der Waals surface area contributed by atoms with E-state index in [2.05, 4.69) is 6.92 Å². The molecule has 2 aliphatic rings. The highest BCUT2D eigenvalue weighted by molar-refractivity contribution is 5.79. The Morgan fingerprint density at radius 3 is 2.43 bits per heavy atom. The molecule has 0 radical (unpaired) electrons. The molecule has 1 aliphatic carbocycles. The number of hydrogen-bond donors (Lipinski definition) is 1. The number of likely N-dealkylation sites (tertiary alicyclic amines) is 1. The predicted molar refractivity (Wildman–Crippen MR) is 82.0 cm³/mol. The summed E-state index contributed by atoms with van der Waals surface area (Å²) < 4.78 is 0. The Balaban J connectivity index is 1.90. The van der Waals surface area contributed by atoms with E-state index in [0.29, 0.717) is 12.3 Å². The molecule has 21 heavy (non-hydrogen) atoms. The first-order valence-electron chi connectivity index (χ1n) is 8.64. The molecule has 4 nitrogen and oxygen atoms in total. The molecule has 1 amide bonds. The van der Waals surface area contributed by atoms with E-state index in [0.717, 1.165) is 44.6 Å². The van der Waals surface area contributed by atoms with Gasteiger partial charge in [-0.25, -0.2) is 0 Å². The Bertz CT molecular complexity index is 361. The van der Waals surface area contributed by atoms with Crippen molar-refractivity contribution >= 4 is 11.9 Å². The lowest BCUT2D eigenvalue weighted by atomic mass is 9.79. The molecule has 1 saturated carbocycles. The number of carboxylic acids is 1. The average Bonchev–Trinajstić information content (AvgIpc) is 2.52. The summed E-state index contributed by atoms with van der Waals surface area (Å²) in [6.07, 6.45) is 9.61. The SMILES string of the molecule is CCC1CCC(C(=O)N2CCCCC2CCC(=O)O)CC1. The molecule has 1 aliphatic heterocycles. The van der Waals surface area contributed by atoms with E-state index in [-0.39, 0.29) is 18.4 Å². The van der Waals surface area contributed by atoms with Gasteiger partial charge in [-0.1, -0.05) is 13.3 Å².